The van der Waals surface area contributed by atoms with Crippen LogP contribution in [0.25, 0.3) is 0 Å². The molecule has 2 rings (SSSR count). The molecule has 2 atom stereocenters. The first-order valence-corrected chi connectivity index (χ1v) is 7.24. The molecule has 3 N–H and O–H groups in total. The maximum Gasteiger partial charge on any atom is 0.238 e. The molecule has 1 aliphatic carbocycles. The maximum absolute atomic E-state index is 12.3. The normalized spacial score (nSPS) is 22.6. The van der Waals surface area contributed by atoms with Crippen LogP contribution < -0.4 is 15.8 Å². The molecule has 0 radical (unpaired) electrons. The van der Waals surface area contributed by atoms with Gasteiger partial charge in [-0.1, -0.05) is 6.42 Å². The lowest BCUT2D eigenvalue weighted by Gasteiger charge is -2.25. The Morgan fingerprint density at radius 3 is 3.00 bits per heavy atom. The van der Waals surface area contributed by atoms with Crippen LogP contribution in [0.2, 0.25) is 0 Å². The fourth-order valence-corrected chi connectivity index (χ4v) is 2.50. The van der Waals surface area contributed by atoms with Gasteiger partial charge >= 0.3 is 0 Å². The Labute approximate surface area is 119 Å². The molecule has 20 heavy (non-hydrogen) atoms. The summed E-state index contributed by atoms with van der Waals surface area (Å²) in [6.07, 6.45) is 5.36. The molecule has 1 amide bonds. The predicted octanol–water partition coefficient (Wildman–Crippen LogP) is 2.32. The smallest absolute Gasteiger partial charge is 0.238 e. The van der Waals surface area contributed by atoms with E-state index >= 15 is 0 Å². The van der Waals surface area contributed by atoms with Crippen LogP contribution in [0, 0.1) is 5.92 Å². The number of nitrogens with one attached hydrogen (secondary N) is 1. The molecule has 110 valence electrons. The summed E-state index contributed by atoms with van der Waals surface area (Å²) in [5.74, 6) is 0.476. The van der Waals surface area contributed by atoms with E-state index in [0.29, 0.717) is 11.6 Å². The highest BCUT2D eigenvalue weighted by atomic mass is 16.5. The summed E-state index contributed by atoms with van der Waals surface area (Å²) < 4.78 is 5.60. The third kappa shape index (κ3) is 3.93. The van der Waals surface area contributed by atoms with E-state index < -0.39 is 0 Å². The van der Waals surface area contributed by atoms with Gasteiger partial charge in [-0.05, 0) is 45.2 Å². The minimum atomic E-state index is -0.00847. The van der Waals surface area contributed by atoms with Crippen LogP contribution in [0.15, 0.2) is 18.3 Å². The van der Waals surface area contributed by atoms with Crippen LogP contribution in [0.5, 0.6) is 5.88 Å². The quantitative estimate of drug-likeness (QED) is 0.885. The van der Waals surface area contributed by atoms with Gasteiger partial charge in [0, 0.05) is 18.2 Å². The van der Waals surface area contributed by atoms with Crippen molar-refractivity contribution in [3.05, 3.63) is 18.3 Å². The Morgan fingerprint density at radius 2 is 2.30 bits per heavy atom. The predicted molar refractivity (Wildman–Crippen MR) is 78.6 cm³/mol. The fourth-order valence-electron chi connectivity index (χ4n) is 2.50. The van der Waals surface area contributed by atoms with Gasteiger partial charge in [0.15, 0.2) is 0 Å². The minimum absolute atomic E-state index is 0.00847. The largest absolute Gasteiger partial charge is 0.473 e. The zero-order valence-electron chi connectivity index (χ0n) is 12.1. The first kappa shape index (κ1) is 14.8. The van der Waals surface area contributed by atoms with Crippen molar-refractivity contribution < 1.29 is 9.53 Å². The number of carbonyl (C=O) groups excluding carboxylic acids is 1. The standard InChI is InChI=1S/C15H23N3O2/c1-10(2)20-15-13(7-4-8-17-15)18-14(19)11-5-3-6-12(16)9-11/h4,7-8,10-12H,3,5-6,9,16H2,1-2H3,(H,18,19). The van der Waals surface area contributed by atoms with Crippen molar-refractivity contribution in [1.29, 1.82) is 0 Å². The number of hydrogen-bond acceptors (Lipinski definition) is 4. The molecular formula is C15H23N3O2. The summed E-state index contributed by atoms with van der Waals surface area (Å²) in [6.45, 7) is 3.86. The van der Waals surface area contributed by atoms with Gasteiger partial charge in [0.1, 0.15) is 5.69 Å². The Hall–Kier alpha value is -1.62. The maximum atomic E-state index is 12.3. The molecule has 5 heteroatoms. The lowest BCUT2D eigenvalue weighted by Crippen LogP contribution is -2.34. The molecule has 0 aromatic carbocycles. The van der Waals surface area contributed by atoms with E-state index in [4.69, 9.17) is 10.5 Å². The number of anilines is 1. The summed E-state index contributed by atoms with van der Waals surface area (Å²) in [5.41, 5.74) is 6.57. The van der Waals surface area contributed by atoms with E-state index in [1.807, 2.05) is 19.9 Å². The van der Waals surface area contributed by atoms with E-state index in [1.165, 1.54) is 0 Å². The Bertz CT molecular complexity index is 462. The molecule has 1 aromatic heterocycles. The SMILES string of the molecule is CC(C)Oc1ncccc1NC(=O)C1CCCC(N)C1. The van der Waals surface area contributed by atoms with Gasteiger partial charge in [-0.25, -0.2) is 4.98 Å². The van der Waals surface area contributed by atoms with Crippen molar-refractivity contribution >= 4 is 11.6 Å². The minimum Gasteiger partial charge on any atom is -0.473 e. The number of nitrogens with zero attached hydrogens (tertiary/aromatic N) is 1. The first-order valence-electron chi connectivity index (χ1n) is 7.24. The summed E-state index contributed by atoms with van der Waals surface area (Å²) in [6, 6.07) is 3.74. The van der Waals surface area contributed by atoms with E-state index in [0.717, 1.165) is 25.7 Å². The summed E-state index contributed by atoms with van der Waals surface area (Å²) in [7, 11) is 0. The fraction of sp³-hybridized carbons (Fsp3) is 0.600. The van der Waals surface area contributed by atoms with Crippen LogP contribution in [-0.2, 0) is 4.79 Å². The number of rotatable bonds is 4. The van der Waals surface area contributed by atoms with Gasteiger partial charge < -0.3 is 15.8 Å². The monoisotopic (exact) mass is 277 g/mol. The molecule has 0 aliphatic heterocycles. The number of carbonyl (C=O) groups is 1. The van der Waals surface area contributed by atoms with Crippen molar-refractivity contribution in [3.8, 4) is 5.88 Å². The lowest BCUT2D eigenvalue weighted by molar-refractivity contribution is -0.120. The molecule has 0 spiro atoms. The molecule has 0 bridgehead atoms. The van der Waals surface area contributed by atoms with Gasteiger partial charge in [0.05, 0.1) is 6.10 Å². The number of ether oxygens (including phenoxy) is 1. The van der Waals surface area contributed by atoms with E-state index in [2.05, 4.69) is 10.3 Å². The molecule has 1 fully saturated rings. The zero-order chi connectivity index (χ0) is 14.5. The number of hydrogen-bond donors (Lipinski definition) is 2. The second-order valence-electron chi connectivity index (χ2n) is 5.64. The molecule has 2 unspecified atom stereocenters. The molecule has 1 aromatic rings. The average molecular weight is 277 g/mol. The molecule has 1 heterocycles. The first-order chi connectivity index (χ1) is 9.56. The molecule has 1 aliphatic rings. The van der Waals surface area contributed by atoms with Crippen LogP contribution in [0.1, 0.15) is 39.5 Å². The second-order valence-corrected chi connectivity index (χ2v) is 5.64. The lowest BCUT2D eigenvalue weighted by atomic mass is 9.85. The van der Waals surface area contributed by atoms with Gasteiger partial charge in [0.25, 0.3) is 0 Å². The van der Waals surface area contributed by atoms with Crippen LogP contribution >= 0.6 is 0 Å². The van der Waals surface area contributed by atoms with Crippen LogP contribution in [0.3, 0.4) is 0 Å². The topological polar surface area (TPSA) is 77.2 Å². The third-order valence-electron chi connectivity index (χ3n) is 3.46. The van der Waals surface area contributed by atoms with Gasteiger partial charge in [-0.15, -0.1) is 0 Å². The third-order valence-corrected chi connectivity index (χ3v) is 3.46. The van der Waals surface area contributed by atoms with Gasteiger partial charge in [-0.3, -0.25) is 4.79 Å². The Morgan fingerprint density at radius 1 is 1.50 bits per heavy atom. The zero-order valence-corrected chi connectivity index (χ0v) is 12.1. The highest BCUT2D eigenvalue weighted by Crippen LogP contribution is 2.27. The Balaban J connectivity index is 2.03. The number of amides is 1. The average Bonchev–Trinajstić information content (AvgIpc) is 2.40. The number of pyridine rings is 1. The van der Waals surface area contributed by atoms with Crippen molar-refractivity contribution in [1.82, 2.24) is 4.98 Å². The van der Waals surface area contributed by atoms with E-state index in [1.54, 1.807) is 12.3 Å². The second kappa shape index (κ2) is 6.70. The number of nitrogens with two attached hydrogens (primary N) is 1. The van der Waals surface area contributed by atoms with Crippen LogP contribution in [0.4, 0.5) is 5.69 Å². The van der Waals surface area contributed by atoms with E-state index in [9.17, 15) is 4.79 Å². The van der Waals surface area contributed by atoms with Crippen molar-refractivity contribution in [3.63, 3.8) is 0 Å². The van der Waals surface area contributed by atoms with Crippen LogP contribution in [-0.4, -0.2) is 23.0 Å². The summed E-state index contributed by atoms with van der Waals surface area (Å²) in [4.78, 5) is 16.5. The van der Waals surface area contributed by atoms with Crippen molar-refractivity contribution in [2.24, 2.45) is 11.7 Å². The van der Waals surface area contributed by atoms with E-state index in [-0.39, 0.29) is 24.0 Å². The van der Waals surface area contributed by atoms with Crippen molar-refractivity contribution in [2.75, 3.05) is 5.32 Å². The number of aromatic nitrogens is 1. The highest BCUT2D eigenvalue weighted by molar-refractivity contribution is 5.93. The van der Waals surface area contributed by atoms with Gasteiger partial charge in [-0.2, -0.15) is 0 Å². The molecule has 5 nitrogen and oxygen atoms in total. The van der Waals surface area contributed by atoms with Crippen molar-refractivity contribution in [2.45, 2.75) is 51.7 Å². The van der Waals surface area contributed by atoms with Gasteiger partial charge in [0.2, 0.25) is 11.8 Å². The molecule has 1 saturated carbocycles. The summed E-state index contributed by atoms with van der Waals surface area (Å²) >= 11 is 0. The molecular weight excluding hydrogens is 254 g/mol. The molecule has 0 saturated heterocycles. The summed E-state index contributed by atoms with van der Waals surface area (Å²) in [5, 5.41) is 2.92. The Kier molecular flexibility index (Phi) is 4.95. The highest BCUT2D eigenvalue weighted by Gasteiger charge is 2.26.